The van der Waals surface area contributed by atoms with Crippen LogP contribution in [0.25, 0.3) is 10.9 Å². The van der Waals surface area contributed by atoms with E-state index in [0.29, 0.717) is 22.0 Å². The highest BCUT2D eigenvalue weighted by molar-refractivity contribution is 6.31. The Labute approximate surface area is 161 Å². The van der Waals surface area contributed by atoms with Crippen molar-refractivity contribution in [3.63, 3.8) is 0 Å². The number of ether oxygens (including phenoxy) is 2. The summed E-state index contributed by atoms with van der Waals surface area (Å²) in [5.41, 5.74) is 2.05. The lowest BCUT2D eigenvalue weighted by Crippen LogP contribution is -2.21. The Kier molecular flexibility index (Phi) is 5.57. The van der Waals surface area contributed by atoms with Crippen molar-refractivity contribution in [1.29, 1.82) is 0 Å². The van der Waals surface area contributed by atoms with E-state index >= 15 is 0 Å². The number of esters is 1. The van der Waals surface area contributed by atoms with Gasteiger partial charge in [-0.25, -0.2) is 9.78 Å². The first-order valence-electron chi connectivity index (χ1n) is 8.15. The second kappa shape index (κ2) is 8.05. The van der Waals surface area contributed by atoms with Gasteiger partial charge in [0.25, 0.3) is 5.91 Å². The number of nitrogens with one attached hydrogen (secondary N) is 1. The van der Waals surface area contributed by atoms with Crippen molar-refractivity contribution in [2.45, 2.75) is 6.92 Å². The van der Waals surface area contributed by atoms with E-state index in [1.165, 1.54) is 7.11 Å². The molecule has 0 aliphatic rings. The van der Waals surface area contributed by atoms with E-state index in [0.717, 1.165) is 10.9 Å². The Morgan fingerprint density at radius 2 is 1.93 bits per heavy atom. The van der Waals surface area contributed by atoms with E-state index in [9.17, 15) is 9.59 Å². The second-order valence-electron chi connectivity index (χ2n) is 5.82. The number of aromatic nitrogens is 1. The van der Waals surface area contributed by atoms with Crippen molar-refractivity contribution in [2.24, 2.45) is 0 Å². The topological polar surface area (TPSA) is 77.5 Å². The number of nitrogens with zero attached hydrogens (tertiary/aromatic N) is 1. The monoisotopic (exact) mass is 384 g/mol. The van der Waals surface area contributed by atoms with Crippen LogP contribution in [-0.2, 0) is 9.53 Å². The zero-order chi connectivity index (χ0) is 19.4. The Balaban J connectivity index is 1.64. The smallest absolute Gasteiger partial charge is 0.357 e. The molecule has 1 amide bonds. The van der Waals surface area contributed by atoms with Gasteiger partial charge in [0.05, 0.1) is 18.3 Å². The Bertz CT molecular complexity index is 1020. The van der Waals surface area contributed by atoms with Crippen molar-refractivity contribution in [3.05, 3.63) is 64.8 Å². The molecule has 0 aliphatic heterocycles. The number of fused-ring (bicyclic) bond motifs is 1. The first kappa shape index (κ1) is 18.7. The lowest BCUT2D eigenvalue weighted by atomic mass is 10.2. The third-order valence-electron chi connectivity index (χ3n) is 3.90. The van der Waals surface area contributed by atoms with E-state index in [4.69, 9.17) is 21.1 Å². The highest BCUT2D eigenvalue weighted by atomic mass is 35.5. The predicted molar refractivity (Wildman–Crippen MR) is 103 cm³/mol. The number of aryl methyl sites for hydroxylation is 1. The first-order valence-corrected chi connectivity index (χ1v) is 8.52. The fourth-order valence-corrected chi connectivity index (χ4v) is 2.65. The number of rotatable bonds is 5. The molecule has 6 nitrogen and oxygen atoms in total. The quantitative estimate of drug-likeness (QED) is 0.673. The molecule has 0 unspecified atom stereocenters. The minimum Gasteiger partial charge on any atom is -0.495 e. The summed E-state index contributed by atoms with van der Waals surface area (Å²) in [4.78, 5) is 28.5. The zero-order valence-electron chi connectivity index (χ0n) is 14.8. The largest absolute Gasteiger partial charge is 0.495 e. The van der Waals surface area contributed by atoms with Crippen molar-refractivity contribution in [3.8, 4) is 5.75 Å². The van der Waals surface area contributed by atoms with Crippen LogP contribution >= 0.6 is 11.6 Å². The summed E-state index contributed by atoms with van der Waals surface area (Å²) < 4.78 is 10.3. The van der Waals surface area contributed by atoms with Crippen molar-refractivity contribution >= 4 is 40.1 Å². The number of pyridine rings is 1. The van der Waals surface area contributed by atoms with Crippen molar-refractivity contribution in [1.82, 2.24) is 4.98 Å². The van der Waals surface area contributed by atoms with Gasteiger partial charge in [0.2, 0.25) is 0 Å². The molecule has 3 rings (SSSR count). The maximum absolute atomic E-state index is 12.2. The van der Waals surface area contributed by atoms with Crippen LogP contribution in [0, 0.1) is 6.92 Å². The summed E-state index contributed by atoms with van der Waals surface area (Å²) in [5.74, 6) is -0.749. The predicted octanol–water partition coefficient (Wildman–Crippen LogP) is 4.00. The van der Waals surface area contributed by atoms with E-state index in [1.54, 1.807) is 30.3 Å². The van der Waals surface area contributed by atoms with Crippen LogP contribution in [0.3, 0.4) is 0 Å². The van der Waals surface area contributed by atoms with E-state index < -0.39 is 18.5 Å². The molecular formula is C20H17ClN2O4. The molecule has 138 valence electrons. The molecule has 7 heteroatoms. The summed E-state index contributed by atoms with van der Waals surface area (Å²) in [6, 6.07) is 14.1. The maximum atomic E-state index is 12.2. The molecule has 0 aliphatic carbocycles. The summed E-state index contributed by atoms with van der Waals surface area (Å²) in [5, 5.41) is 4.09. The Hall–Kier alpha value is -3.12. The van der Waals surface area contributed by atoms with Gasteiger partial charge < -0.3 is 14.8 Å². The van der Waals surface area contributed by atoms with E-state index in [1.807, 2.05) is 25.1 Å². The number of anilines is 1. The third-order valence-corrected chi connectivity index (χ3v) is 4.30. The van der Waals surface area contributed by atoms with Crippen LogP contribution in [0.15, 0.2) is 48.5 Å². The lowest BCUT2D eigenvalue weighted by Gasteiger charge is -2.12. The van der Waals surface area contributed by atoms with Crippen LogP contribution in [0.5, 0.6) is 5.75 Å². The Morgan fingerprint density at radius 3 is 2.70 bits per heavy atom. The number of carbonyl (C=O) groups is 2. The normalized spacial score (nSPS) is 10.5. The number of amides is 1. The van der Waals surface area contributed by atoms with Crippen LogP contribution < -0.4 is 10.1 Å². The molecule has 2 aromatic carbocycles. The maximum Gasteiger partial charge on any atom is 0.357 e. The first-order chi connectivity index (χ1) is 13.0. The molecule has 1 aromatic heterocycles. The van der Waals surface area contributed by atoms with Crippen LogP contribution in [0.4, 0.5) is 5.69 Å². The molecule has 0 saturated heterocycles. The van der Waals surface area contributed by atoms with Crippen molar-refractivity contribution < 1.29 is 19.1 Å². The van der Waals surface area contributed by atoms with Gasteiger partial charge in [-0.3, -0.25) is 4.79 Å². The summed E-state index contributed by atoms with van der Waals surface area (Å²) >= 11 is 6.04. The van der Waals surface area contributed by atoms with Crippen LogP contribution in [0.1, 0.15) is 16.1 Å². The molecule has 1 heterocycles. The molecule has 0 atom stereocenters. The number of carbonyl (C=O) groups excluding carboxylic acids is 2. The number of halogens is 1. The lowest BCUT2D eigenvalue weighted by molar-refractivity contribution is -0.119. The number of para-hydroxylation sites is 1. The molecular weight excluding hydrogens is 368 g/mol. The average molecular weight is 385 g/mol. The van der Waals surface area contributed by atoms with Gasteiger partial charge in [-0.15, -0.1) is 0 Å². The number of methoxy groups -OCH3 is 1. The van der Waals surface area contributed by atoms with Crippen LogP contribution in [0.2, 0.25) is 5.02 Å². The minimum absolute atomic E-state index is 0.140. The van der Waals surface area contributed by atoms with Crippen LogP contribution in [-0.4, -0.2) is 30.6 Å². The molecule has 0 radical (unpaired) electrons. The number of hydrogen-bond acceptors (Lipinski definition) is 5. The molecule has 3 aromatic rings. The van der Waals surface area contributed by atoms with Gasteiger partial charge in [-0.05, 0) is 30.7 Å². The summed E-state index contributed by atoms with van der Waals surface area (Å²) in [6.45, 7) is 1.36. The SMILES string of the molecule is COc1cc(Cl)c(C)cc1NC(=O)COC(=O)c1ccc2ccccc2n1. The fourth-order valence-electron chi connectivity index (χ4n) is 2.50. The van der Waals surface area contributed by atoms with E-state index in [-0.39, 0.29) is 5.69 Å². The fraction of sp³-hybridized carbons (Fsp3) is 0.150. The molecule has 0 saturated carbocycles. The van der Waals surface area contributed by atoms with Gasteiger partial charge in [0.15, 0.2) is 6.61 Å². The molecule has 0 fully saturated rings. The highest BCUT2D eigenvalue weighted by Gasteiger charge is 2.14. The third kappa shape index (κ3) is 4.35. The van der Waals surface area contributed by atoms with Gasteiger partial charge >= 0.3 is 5.97 Å². The Morgan fingerprint density at radius 1 is 1.15 bits per heavy atom. The molecule has 1 N–H and O–H groups in total. The molecule has 27 heavy (non-hydrogen) atoms. The standard InChI is InChI=1S/C20H17ClN2O4/c1-12-9-17(18(26-2)10-14(12)21)23-19(24)11-27-20(25)16-8-7-13-5-3-4-6-15(13)22-16/h3-10H,11H2,1-2H3,(H,23,24). The number of hydrogen-bond donors (Lipinski definition) is 1. The highest BCUT2D eigenvalue weighted by Crippen LogP contribution is 2.30. The molecule has 0 spiro atoms. The van der Waals surface area contributed by atoms with Gasteiger partial charge in [0, 0.05) is 16.5 Å². The zero-order valence-corrected chi connectivity index (χ0v) is 15.5. The number of benzene rings is 2. The van der Waals surface area contributed by atoms with E-state index in [2.05, 4.69) is 10.3 Å². The summed E-state index contributed by atoms with van der Waals surface area (Å²) in [7, 11) is 1.47. The average Bonchev–Trinajstić information content (AvgIpc) is 2.68. The van der Waals surface area contributed by atoms with Gasteiger partial charge in [0.1, 0.15) is 11.4 Å². The molecule has 0 bridgehead atoms. The summed E-state index contributed by atoms with van der Waals surface area (Å²) in [6.07, 6.45) is 0. The van der Waals surface area contributed by atoms with Gasteiger partial charge in [-0.1, -0.05) is 35.9 Å². The minimum atomic E-state index is -0.671. The van der Waals surface area contributed by atoms with Crippen molar-refractivity contribution in [2.75, 3.05) is 19.0 Å². The second-order valence-corrected chi connectivity index (χ2v) is 6.22. The van der Waals surface area contributed by atoms with Gasteiger partial charge in [-0.2, -0.15) is 0 Å².